The second-order valence-electron chi connectivity index (χ2n) is 4.61. The number of hydrogen-bond acceptors (Lipinski definition) is 3. The molecule has 15 heavy (non-hydrogen) atoms. The molecule has 1 aliphatic heterocycles. The first-order valence-corrected chi connectivity index (χ1v) is 5.67. The molecule has 0 spiro atoms. The van der Waals surface area contributed by atoms with Crippen LogP contribution in [0.1, 0.15) is 39.5 Å². The van der Waals surface area contributed by atoms with Crippen LogP contribution < -0.4 is 0 Å². The second kappa shape index (κ2) is 4.94. The van der Waals surface area contributed by atoms with Crippen LogP contribution in [0.25, 0.3) is 0 Å². The van der Waals surface area contributed by atoms with Crippen molar-refractivity contribution in [1.29, 1.82) is 0 Å². The van der Waals surface area contributed by atoms with Crippen molar-refractivity contribution in [2.75, 3.05) is 13.1 Å². The minimum Gasteiger partial charge on any atom is -0.479 e. The van der Waals surface area contributed by atoms with Gasteiger partial charge in [0.2, 0.25) is 0 Å². The summed E-state index contributed by atoms with van der Waals surface area (Å²) in [7, 11) is 0. The molecule has 4 nitrogen and oxygen atoms in total. The molecule has 0 radical (unpaired) electrons. The molecule has 0 saturated carbocycles. The zero-order chi connectivity index (χ0) is 11.5. The number of β-amino-alcohol motifs (C(OH)–C–C–N with tert-alkyl or cyclic N) is 1. The quantitative estimate of drug-likeness (QED) is 0.737. The molecule has 0 aromatic rings. The lowest BCUT2D eigenvalue weighted by atomic mass is 9.97. The van der Waals surface area contributed by atoms with Crippen LogP contribution in [0.15, 0.2) is 0 Å². The van der Waals surface area contributed by atoms with Crippen LogP contribution in [-0.4, -0.2) is 45.8 Å². The van der Waals surface area contributed by atoms with Crippen molar-refractivity contribution in [2.24, 2.45) is 0 Å². The Bertz CT molecular complexity index is 228. The van der Waals surface area contributed by atoms with E-state index in [9.17, 15) is 9.90 Å². The maximum Gasteiger partial charge on any atom is 0.336 e. The summed E-state index contributed by atoms with van der Waals surface area (Å²) in [5, 5.41) is 18.6. The number of aliphatic carboxylic acids is 1. The number of likely N-dealkylation sites (tertiary alicyclic amines) is 1. The van der Waals surface area contributed by atoms with Gasteiger partial charge < -0.3 is 10.2 Å². The molecule has 4 heteroatoms. The van der Waals surface area contributed by atoms with E-state index in [0.717, 1.165) is 25.8 Å². The molecular weight excluding hydrogens is 194 g/mol. The highest BCUT2D eigenvalue weighted by molar-refractivity contribution is 5.76. The van der Waals surface area contributed by atoms with Crippen molar-refractivity contribution in [1.82, 2.24) is 4.90 Å². The average molecular weight is 215 g/mol. The number of carbonyl (C=O) groups is 1. The zero-order valence-corrected chi connectivity index (χ0v) is 9.57. The fraction of sp³-hybridized carbons (Fsp3) is 0.909. The van der Waals surface area contributed by atoms with Crippen molar-refractivity contribution in [3.8, 4) is 0 Å². The summed E-state index contributed by atoms with van der Waals surface area (Å²) in [5.41, 5.74) is -1.62. The maximum atomic E-state index is 10.8. The van der Waals surface area contributed by atoms with E-state index in [2.05, 4.69) is 11.8 Å². The predicted octanol–water partition coefficient (Wildman–Crippen LogP) is 1.09. The molecule has 2 unspecified atom stereocenters. The summed E-state index contributed by atoms with van der Waals surface area (Å²) in [4.78, 5) is 12.9. The highest BCUT2D eigenvalue weighted by atomic mass is 16.4. The van der Waals surface area contributed by atoms with Gasteiger partial charge in [-0.1, -0.05) is 13.3 Å². The first-order valence-electron chi connectivity index (χ1n) is 5.67. The van der Waals surface area contributed by atoms with E-state index < -0.39 is 11.6 Å². The Morgan fingerprint density at radius 3 is 2.73 bits per heavy atom. The lowest BCUT2D eigenvalue weighted by Crippen LogP contribution is -2.51. The van der Waals surface area contributed by atoms with E-state index in [0.29, 0.717) is 6.04 Å². The number of rotatable bonds is 4. The molecule has 0 amide bonds. The van der Waals surface area contributed by atoms with Crippen molar-refractivity contribution in [3.05, 3.63) is 0 Å². The van der Waals surface area contributed by atoms with E-state index in [1.807, 2.05) is 0 Å². The summed E-state index contributed by atoms with van der Waals surface area (Å²) in [6.07, 6.45) is 4.46. The summed E-state index contributed by atoms with van der Waals surface area (Å²) >= 11 is 0. The van der Waals surface area contributed by atoms with Gasteiger partial charge in [0.1, 0.15) is 0 Å². The molecule has 0 aromatic heterocycles. The molecule has 1 saturated heterocycles. The monoisotopic (exact) mass is 215 g/mol. The lowest BCUT2D eigenvalue weighted by molar-refractivity contribution is -0.159. The van der Waals surface area contributed by atoms with Gasteiger partial charge in [-0.15, -0.1) is 0 Å². The highest BCUT2D eigenvalue weighted by Gasteiger charge is 2.34. The number of aliphatic hydroxyl groups is 1. The minimum absolute atomic E-state index is 0.237. The van der Waals surface area contributed by atoms with E-state index >= 15 is 0 Å². The van der Waals surface area contributed by atoms with Crippen molar-refractivity contribution in [3.63, 3.8) is 0 Å². The molecule has 2 atom stereocenters. The Morgan fingerprint density at radius 2 is 2.20 bits per heavy atom. The number of carboxylic acids is 1. The number of nitrogens with zero attached hydrogens (tertiary/aromatic N) is 1. The van der Waals surface area contributed by atoms with E-state index in [1.165, 1.54) is 13.3 Å². The van der Waals surface area contributed by atoms with Crippen LogP contribution in [0.4, 0.5) is 0 Å². The lowest BCUT2D eigenvalue weighted by Gasteiger charge is -2.38. The smallest absolute Gasteiger partial charge is 0.336 e. The highest BCUT2D eigenvalue weighted by Crippen LogP contribution is 2.21. The topological polar surface area (TPSA) is 60.8 Å². The van der Waals surface area contributed by atoms with Gasteiger partial charge in [0.15, 0.2) is 5.60 Å². The van der Waals surface area contributed by atoms with Gasteiger partial charge in [0.25, 0.3) is 0 Å². The van der Waals surface area contributed by atoms with Gasteiger partial charge in [0, 0.05) is 12.6 Å². The zero-order valence-electron chi connectivity index (χ0n) is 9.57. The number of hydrogen-bond donors (Lipinski definition) is 2. The molecule has 1 rings (SSSR count). The fourth-order valence-electron chi connectivity index (χ4n) is 2.19. The van der Waals surface area contributed by atoms with E-state index in [4.69, 9.17) is 5.11 Å². The summed E-state index contributed by atoms with van der Waals surface area (Å²) in [6, 6.07) is 0.435. The van der Waals surface area contributed by atoms with Crippen LogP contribution in [-0.2, 0) is 4.79 Å². The second-order valence-corrected chi connectivity index (χ2v) is 4.61. The van der Waals surface area contributed by atoms with Gasteiger partial charge in [-0.05, 0) is 32.7 Å². The first-order chi connectivity index (χ1) is 6.97. The molecule has 0 bridgehead atoms. The van der Waals surface area contributed by atoms with Crippen LogP contribution in [0.5, 0.6) is 0 Å². The SMILES string of the molecule is CCC1CCCCN1CC(C)(O)C(=O)O. The summed E-state index contributed by atoms with van der Waals surface area (Å²) in [6.45, 7) is 4.62. The van der Waals surface area contributed by atoms with Crippen molar-refractivity contribution >= 4 is 5.97 Å². The van der Waals surface area contributed by atoms with Crippen LogP contribution in [0.3, 0.4) is 0 Å². The van der Waals surface area contributed by atoms with Crippen LogP contribution in [0.2, 0.25) is 0 Å². The molecule has 88 valence electrons. The van der Waals surface area contributed by atoms with Crippen molar-refractivity contribution < 1.29 is 15.0 Å². The van der Waals surface area contributed by atoms with Crippen molar-refractivity contribution in [2.45, 2.75) is 51.2 Å². The van der Waals surface area contributed by atoms with E-state index in [-0.39, 0.29) is 6.54 Å². The minimum atomic E-state index is -1.62. The summed E-state index contributed by atoms with van der Waals surface area (Å²) in [5.74, 6) is -1.14. The van der Waals surface area contributed by atoms with Gasteiger partial charge in [-0.3, -0.25) is 4.90 Å². The van der Waals surface area contributed by atoms with E-state index in [1.54, 1.807) is 0 Å². The van der Waals surface area contributed by atoms with Gasteiger partial charge >= 0.3 is 5.97 Å². The standard InChI is InChI=1S/C11H21NO3/c1-3-9-6-4-5-7-12(9)8-11(2,15)10(13)14/h9,15H,3-8H2,1-2H3,(H,13,14). The Balaban J connectivity index is 2.58. The average Bonchev–Trinajstić information content (AvgIpc) is 2.18. The third kappa shape index (κ3) is 3.18. The normalized spacial score (nSPS) is 27.3. The molecule has 0 aliphatic carbocycles. The Morgan fingerprint density at radius 1 is 1.53 bits per heavy atom. The molecule has 1 heterocycles. The third-order valence-electron chi connectivity index (χ3n) is 3.19. The first kappa shape index (κ1) is 12.5. The Kier molecular flexibility index (Phi) is 4.11. The number of piperidine rings is 1. The third-order valence-corrected chi connectivity index (χ3v) is 3.19. The van der Waals surface area contributed by atoms with Gasteiger partial charge in [-0.2, -0.15) is 0 Å². The Labute approximate surface area is 90.9 Å². The maximum absolute atomic E-state index is 10.8. The van der Waals surface area contributed by atoms with Gasteiger partial charge in [0.05, 0.1) is 0 Å². The number of carboxylic acid groups (broad SMARTS) is 1. The molecular formula is C11H21NO3. The van der Waals surface area contributed by atoms with Crippen LogP contribution in [0, 0.1) is 0 Å². The molecule has 1 fully saturated rings. The largest absolute Gasteiger partial charge is 0.479 e. The predicted molar refractivity (Wildman–Crippen MR) is 57.8 cm³/mol. The molecule has 0 aromatic carbocycles. The molecule has 1 aliphatic rings. The summed E-state index contributed by atoms with van der Waals surface area (Å²) < 4.78 is 0. The Hall–Kier alpha value is -0.610. The van der Waals surface area contributed by atoms with Gasteiger partial charge in [-0.25, -0.2) is 4.79 Å². The van der Waals surface area contributed by atoms with Crippen LogP contribution >= 0.6 is 0 Å². The fourth-order valence-corrected chi connectivity index (χ4v) is 2.19. The molecule has 2 N–H and O–H groups in total.